The Morgan fingerprint density at radius 2 is 0.287 bits per heavy atom. The van der Waals surface area contributed by atoms with Crippen LogP contribution in [0.15, 0.2) is 558 Å². The minimum absolute atomic E-state index is 1.21. The fraction of sp³-hybridized carbons (Fsp3) is 0. The van der Waals surface area contributed by atoms with Gasteiger partial charge in [-0.05, 0) is 285 Å². The van der Waals surface area contributed by atoms with E-state index in [0.29, 0.717) is 0 Å². The van der Waals surface area contributed by atoms with Gasteiger partial charge in [0.25, 0.3) is 0 Å². The second-order valence-corrected chi connectivity index (χ2v) is 35.0. The van der Waals surface area contributed by atoms with Crippen LogP contribution in [0.1, 0.15) is 0 Å². The van der Waals surface area contributed by atoms with Crippen LogP contribution in [-0.4, -0.2) is 0 Å². The third-order valence-electron chi connectivity index (χ3n) is 27.0. The fourth-order valence-electron chi connectivity index (χ4n) is 20.8. The first-order valence-electron chi connectivity index (χ1n) is 47.0. The molecule has 636 valence electrons. The van der Waals surface area contributed by atoms with Crippen molar-refractivity contribution in [3.05, 3.63) is 558 Å². The smallest absolute Gasteiger partial charge is 0.00139 e. The van der Waals surface area contributed by atoms with Crippen molar-refractivity contribution in [2.45, 2.75) is 0 Å². The molecule has 0 N–H and O–H groups in total. The van der Waals surface area contributed by atoms with E-state index in [1.807, 2.05) is 0 Å². The summed E-state index contributed by atoms with van der Waals surface area (Å²) in [7, 11) is 0. The van der Waals surface area contributed by atoms with Gasteiger partial charge in [-0.2, -0.15) is 0 Å². The maximum absolute atomic E-state index is 2.40. The highest BCUT2D eigenvalue weighted by Crippen LogP contribution is 2.53. The summed E-state index contributed by atoms with van der Waals surface area (Å²) in [6.07, 6.45) is 0. The molecule has 25 rings (SSSR count). The normalized spacial score (nSPS) is 11.2. The van der Waals surface area contributed by atoms with Gasteiger partial charge in [0, 0.05) is 0 Å². The van der Waals surface area contributed by atoms with Gasteiger partial charge < -0.3 is 0 Å². The van der Waals surface area contributed by atoms with E-state index in [4.69, 9.17) is 0 Å². The van der Waals surface area contributed by atoms with Gasteiger partial charge in [0.15, 0.2) is 0 Å². The highest BCUT2D eigenvalue weighted by atomic mass is 14.3. The van der Waals surface area contributed by atoms with Crippen molar-refractivity contribution in [3.63, 3.8) is 0 Å². The predicted molar refractivity (Wildman–Crippen MR) is 583 cm³/mol. The quantitative estimate of drug-likeness (QED) is 0.0898. The SMILES string of the molecule is c1ccc(-c2cccc(-c3c4ccccc4c(-c4c(-c5ccccc5)cccc4-c4ccccc4)c4ccccc34)c2)cc1.c1ccc(-c2cccc(-c3c4ccccc4c(-c4cc(-c5ccccc5)cc(-c5ccccc5)c4)c4ccccc34)c2)cc1.c1ccc(-c2cccc(-c3c4ccccc4c(-c4ccc(-c5cccc6ccccc56)cc4-c4ccccc4)c4ccccc34)c2)cc1. The lowest BCUT2D eigenvalue weighted by atomic mass is 9.81. The number of hydrogen-bond acceptors (Lipinski definition) is 0. The molecule has 0 heterocycles. The van der Waals surface area contributed by atoms with E-state index in [0.717, 1.165) is 0 Å². The third kappa shape index (κ3) is 16.1. The summed E-state index contributed by atoms with van der Waals surface area (Å²) in [4.78, 5) is 0. The first-order valence-corrected chi connectivity index (χ1v) is 47.0. The van der Waals surface area contributed by atoms with Crippen LogP contribution >= 0.6 is 0 Å². The van der Waals surface area contributed by atoms with Crippen LogP contribution in [0, 0.1) is 0 Å². The zero-order chi connectivity index (χ0) is 90.5. The Bertz CT molecular complexity index is 8410. The first-order chi connectivity index (χ1) is 67.5. The Hall–Kier alpha value is -17.7. The third-order valence-corrected chi connectivity index (χ3v) is 27.0. The second kappa shape index (κ2) is 37.3. The molecule has 0 bridgehead atoms. The van der Waals surface area contributed by atoms with Crippen molar-refractivity contribution in [1.82, 2.24) is 0 Å². The summed E-state index contributed by atoms with van der Waals surface area (Å²) in [6.45, 7) is 0. The van der Waals surface area contributed by atoms with Crippen LogP contribution in [0.4, 0.5) is 0 Å². The lowest BCUT2D eigenvalue weighted by Crippen LogP contribution is -1.95. The van der Waals surface area contributed by atoms with E-state index >= 15 is 0 Å². The summed E-state index contributed by atoms with van der Waals surface area (Å²) < 4.78 is 0. The summed E-state index contributed by atoms with van der Waals surface area (Å²) in [5, 5.41) is 17.6. The Labute approximate surface area is 794 Å². The van der Waals surface area contributed by atoms with Crippen molar-refractivity contribution in [3.8, 4) is 167 Å². The Morgan fingerprint density at radius 3 is 0.625 bits per heavy atom. The first kappa shape index (κ1) is 82.7. The molecule has 0 radical (unpaired) electrons. The largest absolute Gasteiger partial charge is 0.0622 e. The molecule has 0 amide bonds. The maximum Gasteiger partial charge on any atom is -0.00139 e. The average Bonchev–Trinajstić information content (AvgIpc) is 0.727. The van der Waals surface area contributed by atoms with Crippen molar-refractivity contribution < 1.29 is 0 Å². The van der Waals surface area contributed by atoms with Crippen molar-refractivity contribution in [2.24, 2.45) is 0 Å². The van der Waals surface area contributed by atoms with Gasteiger partial charge in [0.05, 0.1) is 0 Å². The fourth-order valence-corrected chi connectivity index (χ4v) is 20.8. The van der Waals surface area contributed by atoms with E-state index in [-0.39, 0.29) is 0 Å². The predicted octanol–water partition coefficient (Wildman–Crippen LogP) is 38.1. The molecule has 0 atom stereocenters. The second-order valence-electron chi connectivity index (χ2n) is 35.0. The van der Waals surface area contributed by atoms with E-state index < -0.39 is 0 Å². The Morgan fingerprint density at radius 1 is 0.0735 bits per heavy atom. The summed E-state index contributed by atoms with van der Waals surface area (Å²) in [5.74, 6) is 0. The molecule has 25 aromatic rings. The van der Waals surface area contributed by atoms with Crippen LogP contribution < -0.4 is 0 Å². The zero-order valence-corrected chi connectivity index (χ0v) is 75.1. The zero-order valence-electron chi connectivity index (χ0n) is 75.1. The van der Waals surface area contributed by atoms with Crippen LogP contribution in [0.5, 0.6) is 0 Å². The highest BCUT2D eigenvalue weighted by molar-refractivity contribution is 6.26. The van der Waals surface area contributed by atoms with Crippen LogP contribution in [0.25, 0.3) is 242 Å². The van der Waals surface area contributed by atoms with Gasteiger partial charge in [-0.3, -0.25) is 0 Å². The van der Waals surface area contributed by atoms with Gasteiger partial charge in [0.1, 0.15) is 0 Å². The molecule has 0 saturated heterocycles. The highest BCUT2D eigenvalue weighted by Gasteiger charge is 2.26. The van der Waals surface area contributed by atoms with Gasteiger partial charge in [-0.1, -0.05) is 516 Å². The van der Waals surface area contributed by atoms with Crippen LogP contribution in [-0.2, 0) is 0 Å². The topological polar surface area (TPSA) is 0 Å². The summed E-state index contributed by atoms with van der Waals surface area (Å²) in [5.41, 5.74) is 37.1. The average molecular weight is 1730 g/mol. The molecule has 0 saturated carbocycles. The Balaban J connectivity index is 0.000000115. The van der Waals surface area contributed by atoms with E-state index in [2.05, 4.69) is 558 Å². The molecule has 0 aromatic heterocycles. The lowest BCUT2D eigenvalue weighted by molar-refractivity contribution is 1.58. The number of benzene rings is 25. The van der Waals surface area contributed by atoms with Gasteiger partial charge in [-0.25, -0.2) is 0 Å². The van der Waals surface area contributed by atoms with E-state index in [9.17, 15) is 0 Å². The maximum atomic E-state index is 2.40. The molecule has 0 aliphatic heterocycles. The minimum Gasteiger partial charge on any atom is -0.0622 e. The molecule has 0 unspecified atom stereocenters. The summed E-state index contributed by atoms with van der Waals surface area (Å²) in [6, 6.07) is 203. The number of hydrogen-bond donors (Lipinski definition) is 0. The number of fused-ring (bicyclic) bond motifs is 7. The molecular formula is C136H92. The molecule has 25 aromatic carbocycles. The van der Waals surface area contributed by atoms with Crippen LogP contribution in [0.2, 0.25) is 0 Å². The van der Waals surface area contributed by atoms with E-state index in [1.54, 1.807) is 0 Å². The van der Waals surface area contributed by atoms with Crippen molar-refractivity contribution in [2.75, 3.05) is 0 Å². The van der Waals surface area contributed by atoms with Gasteiger partial charge >= 0.3 is 0 Å². The molecule has 0 spiro atoms. The molecule has 136 heavy (non-hydrogen) atoms. The molecule has 0 heteroatoms. The van der Waals surface area contributed by atoms with Gasteiger partial charge in [-0.15, -0.1) is 0 Å². The molecular weight excluding hydrogens is 1630 g/mol. The molecule has 0 fully saturated rings. The van der Waals surface area contributed by atoms with Crippen LogP contribution in [0.3, 0.4) is 0 Å². The Kier molecular flexibility index (Phi) is 22.7. The molecule has 0 aliphatic carbocycles. The standard InChI is InChI=1S/C48H32.2C44H30/c1-3-15-33(16-4-1)36-21-13-22-38(31-36)47-41-24-9-11-26-43(41)48(44-27-12-10-25-42(44)47)45-30-29-37(32-46(45)35-17-5-2-6-18-35)40-28-14-20-34-19-7-8-23-39(34)40;1-4-16-31(17-5-1)34-22-14-23-35(30-34)42-38-24-10-12-26-40(38)44(41-27-13-11-25-39(41)42)43-36(32-18-6-2-7-19-32)28-15-29-37(43)33-20-8-3-9-21-33;1-4-15-31(16-5-1)34-21-14-22-35(27-34)43-39-23-10-12-25-41(39)44(42-26-13-11-24-40(42)43)38-29-36(32-17-6-2-7-18-32)28-37(30-38)33-19-8-3-9-20-33/h1-32H;2*1-30H. The van der Waals surface area contributed by atoms with Crippen molar-refractivity contribution in [1.29, 1.82) is 0 Å². The molecule has 0 aliphatic rings. The van der Waals surface area contributed by atoms with Gasteiger partial charge in [0.2, 0.25) is 0 Å². The monoisotopic (exact) mass is 1720 g/mol. The molecule has 0 nitrogen and oxygen atoms in total. The van der Waals surface area contributed by atoms with Crippen molar-refractivity contribution >= 4 is 75.4 Å². The van der Waals surface area contributed by atoms with E-state index in [1.165, 1.54) is 242 Å². The lowest BCUT2D eigenvalue weighted by Gasteiger charge is -2.22. The minimum atomic E-state index is 1.21. The number of rotatable bonds is 15. The summed E-state index contributed by atoms with van der Waals surface area (Å²) >= 11 is 0.